The Hall–Kier alpha value is -1.01. The molecule has 2 heterocycles. The molecule has 2 rings (SSSR count). The van der Waals surface area contributed by atoms with Gasteiger partial charge in [-0.3, -0.25) is 0 Å². The molecular formula is C12H11BrFN3S. The second-order valence-corrected chi connectivity index (χ2v) is 5.72. The van der Waals surface area contributed by atoms with Crippen LogP contribution in [0.4, 0.5) is 4.39 Å². The van der Waals surface area contributed by atoms with E-state index in [1.165, 1.54) is 6.07 Å². The minimum absolute atomic E-state index is 0.279. The van der Waals surface area contributed by atoms with Crippen LogP contribution in [0.25, 0.3) is 0 Å². The van der Waals surface area contributed by atoms with Crippen LogP contribution in [0.5, 0.6) is 0 Å². The summed E-state index contributed by atoms with van der Waals surface area (Å²) in [7, 11) is 0. The molecule has 0 aliphatic rings. The molecule has 0 spiro atoms. The van der Waals surface area contributed by atoms with Gasteiger partial charge in [0.1, 0.15) is 5.03 Å². The quantitative estimate of drug-likeness (QED) is 0.785. The third-order valence-corrected chi connectivity index (χ3v) is 3.87. The van der Waals surface area contributed by atoms with Gasteiger partial charge < -0.3 is 0 Å². The molecule has 6 heteroatoms. The van der Waals surface area contributed by atoms with Crippen molar-refractivity contribution in [1.29, 1.82) is 0 Å². The Morgan fingerprint density at radius 2 is 1.78 bits per heavy atom. The number of hydrogen-bond acceptors (Lipinski definition) is 4. The lowest BCUT2D eigenvalue weighted by molar-refractivity contribution is 0.586. The third kappa shape index (κ3) is 2.87. The molecule has 0 saturated carbocycles. The van der Waals surface area contributed by atoms with E-state index in [1.807, 2.05) is 20.8 Å². The molecule has 2 aromatic rings. The average Bonchev–Trinajstić information content (AvgIpc) is 2.29. The van der Waals surface area contributed by atoms with E-state index in [4.69, 9.17) is 0 Å². The maximum atomic E-state index is 13.6. The normalized spacial score (nSPS) is 10.7. The molecule has 0 aliphatic heterocycles. The van der Waals surface area contributed by atoms with E-state index >= 15 is 0 Å². The fourth-order valence-corrected chi connectivity index (χ4v) is 2.45. The summed E-state index contributed by atoms with van der Waals surface area (Å²) in [4.78, 5) is 12.7. The first-order chi connectivity index (χ1) is 8.47. The van der Waals surface area contributed by atoms with Crippen molar-refractivity contribution in [3.8, 4) is 0 Å². The summed E-state index contributed by atoms with van der Waals surface area (Å²) in [5.41, 5.74) is 2.87. The molecule has 3 nitrogen and oxygen atoms in total. The second kappa shape index (κ2) is 5.32. The summed E-state index contributed by atoms with van der Waals surface area (Å²) in [6.45, 7) is 5.80. The SMILES string of the molecule is Cc1nc(Sc2ncc(Br)cc2F)nc(C)c1C. The Bertz CT molecular complexity index is 581. The van der Waals surface area contributed by atoms with Gasteiger partial charge in [0.2, 0.25) is 0 Å². The number of aryl methyl sites for hydroxylation is 2. The van der Waals surface area contributed by atoms with Gasteiger partial charge in [-0.05, 0) is 60.1 Å². The molecule has 0 aliphatic carbocycles. The van der Waals surface area contributed by atoms with Crippen LogP contribution in [0.1, 0.15) is 17.0 Å². The van der Waals surface area contributed by atoms with E-state index in [2.05, 4.69) is 30.9 Å². The number of rotatable bonds is 2. The molecule has 94 valence electrons. The lowest BCUT2D eigenvalue weighted by Gasteiger charge is -2.06. The van der Waals surface area contributed by atoms with Crippen molar-refractivity contribution >= 4 is 27.7 Å². The largest absolute Gasteiger partial charge is 0.245 e. The molecule has 0 amide bonds. The van der Waals surface area contributed by atoms with Crippen molar-refractivity contribution < 1.29 is 4.39 Å². The maximum absolute atomic E-state index is 13.6. The number of halogens is 2. The zero-order valence-corrected chi connectivity index (χ0v) is 12.6. The molecule has 0 fully saturated rings. The highest BCUT2D eigenvalue weighted by atomic mass is 79.9. The monoisotopic (exact) mass is 327 g/mol. The van der Waals surface area contributed by atoms with Crippen LogP contribution in [-0.4, -0.2) is 15.0 Å². The van der Waals surface area contributed by atoms with Crippen LogP contribution in [0, 0.1) is 26.6 Å². The highest BCUT2D eigenvalue weighted by Gasteiger charge is 2.11. The summed E-state index contributed by atoms with van der Waals surface area (Å²) in [5, 5.41) is 0.796. The highest BCUT2D eigenvalue weighted by Crippen LogP contribution is 2.27. The van der Waals surface area contributed by atoms with Gasteiger partial charge in [0.05, 0.1) is 0 Å². The summed E-state index contributed by atoms with van der Waals surface area (Å²) >= 11 is 4.30. The van der Waals surface area contributed by atoms with Crippen LogP contribution in [0.2, 0.25) is 0 Å². The standard InChI is InChI=1S/C12H11BrFN3S/c1-6-7(2)16-12(17-8(6)3)18-11-10(14)4-9(13)5-15-11/h4-5H,1-3H3. The fraction of sp³-hybridized carbons (Fsp3) is 0.250. The second-order valence-electron chi connectivity index (χ2n) is 3.84. The highest BCUT2D eigenvalue weighted by molar-refractivity contribution is 9.10. The minimum Gasteiger partial charge on any atom is -0.245 e. The topological polar surface area (TPSA) is 38.7 Å². The molecule has 0 N–H and O–H groups in total. The Balaban J connectivity index is 2.34. The Kier molecular flexibility index (Phi) is 3.97. The zero-order valence-electron chi connectivity index (χ0n) is 10.2. The van der Waals surface area contributed by atoms with Gasteiger partial charge in [0.25, 0.3) is 0 Å². The van der Waals surface area contributed by atoms with E-state index < -0.39 is 0 Å². The Morgan fingerprint density at radius 3 is 2.33 bits per heavy atom. The van der Waals surface area contributed by atoms with Gasteiger partial charge in [0, 0.05) is 22.1 Å². The smallest absolute Gasteiger partial charge is 0.194 e. The summed E-state index contributed by atoms with van der Waals surface area (Å²) in [6.07, 6.45) is 1.55. The molecular weight excluding hydrogens is 317 g/mol. The van der Waals surface area contributed by atoms with Crippen LogP contribution in [0.3, 0.4) is 0 Å². The number of nitrogens with zero attached hydrogens (tertiary/aromatic N) is 3. The molecule has 0 bridgehead atoms. The van der Waals surface area contributed by atoms with Crippen molar-refractivity contribution in [2.75, 3.05) is 0 Å². The lowest BCUT2D eigenvalue weighted by Crippen LogP contribution is -1.98. The number of aromatic nitrogens is 3. The van der Waals surface area contributed by atoms with E-state index in [0.29, 0.717) is 9.63 Å². The van der Waals surface area contributed by atoms with Crippen molar-refractivity contribution in [1.82, 2.24) is 15.0 Å². The van der Waals surface area contributed by atoms with Gasteiger partial charge in [-0.15, -0.1) is 0 Å². The molecule has 0 radical (unpaired) electrons. The summed E-state index contributed by atoms with van der Waals surface area (Å²) in [6, 6.07) is 1.38. The number of pyridine rings is 1. The van der Waals surface area contributed by atoms with E-state index in [9.17, 15) is 4.39 Å². The van der Waals surface area contributed by atoms with Crippen molar-refractivity contribution in [2.45, 2.75) is 31.0 Å². The summed E-state index contributed by atoms with van der Waals surface area (Å²) < 4.78 is 14.3. The van der Waals surface area contributed by atoms with Gasteiger partial charge >= 0.3 is 0 Å². The third-order valence-electron chi connectivity index (χ3n) is 2.57. The molecule has 2 aromatic heterocycles. The van der Waals surface area contributed by atoms with E-state index in [-0.39, 0.29) is 10.8 Å². The molecule has 0 saturated heterocycles. The predicted octanol–water partition coefficient (Wildman–Crippen LogP) is 3.85. The predicted molar refractivity (Wildman–Crippen MR) is 72.3 cm³/mol. The van der Waals surface area contributed by atoms with Crippen LogP contribution in [0.15, 0.2) is 26.9 Å². The zero-order chi connectivity index (χ0) is 13.3. The van der Waals surface area contributed by atoms with Crippen molar-refractivity contribution in [3.63, 3.8) is 0 Å². The Morgan fingerprint density at radius 1 is 1.17 bits per heavy atom. The molecule has 0 aromatic carbocycles. The first-order valence-electron chi connectivity index (χ1n) is 5.28. The van der Waals surface area contributed by atoms with E-state index in [0.717, 1.165) is 28.7 Å². The van der Waals surface area contributed by atoms with Crippen LogP contribution >= 0.6 is 27.7 Å². The van der Waals surface area contributed by atoms with Gasteiger partial charge in [-0.25, -0.2) is 19.3 Å². The minimum atomic E-state index is -0.381. The van der Waals surface area contributed by atoms with Crippen molar-refractivity contribution in [2.24, 2.45) is 0 Å². The first-order valence-corrected chi connectivity index (χ1v) is 6.89. The van der Waals surface area contributed by atoms with Gasteiger partial charge in [0.15, 0.2) is 11.0 Å². The summed E-state index contributed by atoms with van der Waals surface area (Å²) in [5.74, 6) is -0.381. The molecule has 0 atom stereocenters. The Labute approximate surface area is 117 Å². The van der Waals surface area contributed by atoms with Gasteiger partial charge in [-0.1, -0.05) is 0 Å². The molecule has 18 heavy (non-hydrogen) atoms. The van der Waals surface area contributed by atoms with Crippen LogP contribution in [-0.2, 0) is 0 Å². The first kappa shape index (κ1) is 13.4. The molecule has 0 unspecified atom stereocenters. The lowest BCUT2D eigenvalue weighted by atomic mass is 10.2. The maximum Gasteiger partial charge on any atom is 0.194 e. The van der Waals surface area contributed by atoms with Gasteiger partial charge in [-0.2, -0.15) is 0 Å². The fourth-order valence-electron chi connectivity index (χ4n) is 1.35. The van der Waals surface area contributed by atoms with Crippen molar-refractivity contribution in [3.05, 3.63) is 39.5 Å². The van der Waals surface area contributed by atoms with Crippen LogP contribution < -0.4 is 0 Å². The number of hydrogen-bond donors (Lipinski definition) is 0. The average molecular weight is 328 g/mol. The van der Waals surface area contributed by atoms with E-state index in [1.54, 1.807) is 6.20 Å².